The van der Waals surface area contributed by atoms with Gasteiger partial charge < -0.3 is 20.3 Å². The Morgan fingerprint density at radius 1 is 1.16 bits per heavy atom. The van der Waals surface area contributed by atoms with Gasteiger partial charge in [-0.1, -0.05) is 50.1 Å². The zero-order valence-electron chi connectivity index (χ0n) is 21.8. The van der Waals surface area contributed by atoms with Crippen LogP contribution >= 0.6 is 0 Å². The quantitative estimate of drug-likeness (QED) is 0.576. The van der Waals surface area contributed by atoms with E-state index in [4.69, 9.17) is 4.74 Å². The Hall–Kier alpha value is -3.52. The molecule has 1 spiro atoms. The maximum Gasteiger partial charge on any atom is 0.246 e. The van der Waals surface area contributed by atoms with Gasteiger partial charge in [0.15, 0.2) is 0 Å². The fraction of sp³-hybridized carbons (Fsp3) is 0.467. The maximum atomic E-state index is 14.1. The van der Waals surface area contributed by atoms with Crippen LogP contribution in [0, 0.1) is 24.7 Å². The lowest BCUT2D eigenvalue weighted by Gasteiger charge is -2.36. The van der Waals surface area contributed by atoms with Gasteiger partial charge in [-0.05, 0) is 55.0 Å². The van der Waals surface area contributed by atoms with E-state index >= 15 is 0 Å². The molecular formula is C30H34N4O4. The number of ether oxygens (including phenoxy) is 1. The summed E-state index contributed by atoms with van der Waals surface area (Å²) >= 11 is 0. The van der Waals surface area contributed by atoms with E-state index in [0.717, 1.165) is 30.4 Å². The van der Waals surface area contributed by atoms with Gasteiger partial charge in [0.25, 0.3) is 0 Å². The Morgan fingerprint density at radius 2 is 2.00 bits per heavy atom. The maximum absolute atomic E-state index is 14.1. The van der Waals surface area contributed by atoms with Gasteiger partial charge in [0.2, 0.25) is 17.7 Å². The molecule has 38 heavy (non-hydrogen) atoms. The van der Waals surface area contributed by atoms with Crippen molar-refractivity contribution in [1.82, 2.24) is 15.2 Å². The highest BCUT2D eigenvalue weighted by molar-refractivity contribution is 6.02. The number of aromatic nitrogens is 1. The first kappa shape index (κ1) is 24.8. The van der Waals surface area contributed by atoms with Gasteiger partial charge in [-0.15, -0.1) is 0 Å². The van der Waals surface area contributed by atoms with Gasteiger partial charge in [0, 0.05) is 30.7 Å². The molecule has 2 saturated heterocycles. The molecule has 1 saturated carbocycles. The fourth-order valence-electron chi connectivity index (χ4n) is 6.87. The topological polar surface area (TPSA) is 101 Å². The molecule has 7 atom stereocenters. The Bertz CT molecular complexity index is 1280. The van der Waals surface area contributed by atoms with Crippen molar-refractivity contribution in [3.8, 4) is 0 Å². The van der Waals surface area contributed by atoms with Crippen LogP contribution in [0.1, 0.15) is 43.7 Å². The normalized spacial score (nSPS) is 33.3. The Balaban J connectivity index is 1.33. The third-order valence-electron chi connectivity index (χ3n) is 8.73. The summed E-state index contributed by atoms with van der Waals surface area (Å²) in [7, 11) is 0. The summed E-state index contributed by atoms with van der Waals surface area (Å²) in [6.07, 6.45) is 10.8. The first-order valence-electron chi connectivity index (χ1n) is 13.6. The molecule has 8 nitrogen and oxygen atoms in total. The molecule has 2 bridgehead atoms. The van der Waals surface area contributed by atoms with Crippen LogP contribution in [0.5, 0.6) is 0 Å². The van der Waals surface area contributed by atoms with Crippen molar-refractivity contribution in [2.45, 2.75) is 69.9 Å². The van der Waals surface area contributed by atoms with E-state index in [1.165, 1.54) is 6.42 Å². The zero-order valence-corrected chi connectivity index (χ0v) is 21.8. The van der Waals surface area contributed by atoms with E-state index in [2.05, 4.69) is 22.5 Å². The number of rotatable bonds is 6. The third-order valence-corrected chi connectivity index (χ3v) is 8.73. The molecule has 1 aromatic carbocycles. The van der Waals surface area contributed by atoms with Crippen LogP contribution in [0.3, 0.4) is 0 Å². The van der Waals surface area contributed by atoms with Crippen LogP contribution in [0.15, 0.2) is 60.9 Å². The van der Waals surface area contributed by atoms with E-state index in [-0.39, 0.29) is 30.3 Å². The lowest BCUT2D eigenvalue weighted by Crippen LogP contribution is -2.57. The van der Waals surface area contributed by atoms with E-state index in [1.807, 2.05) is 55.5 Å². The highest BCUT2D eigenvalue weighted by Gasteiger charge is 2.72. The summed E-state index contributed by atoms with van der Waals surface area (Å²) < 4.78 is 6.46. The van der Waals surface area contributed by atoms with Gasteiger partial charge in [-0.2, -0.15) is 0 Å². The summed E-state index contributed by atoms with van der Waals surface area (Å²) in [5.41, 5.74) is 1.34. The minimum Gasteiger partial charge on any atom is -0.359 e. The number of pyridine rings is 1. The average molecular weight is 515 g/mol. The predicted molar refractivity (Wildman–Crippen MR) is 142 cm³/mol. The lowest BCUT2D eigenvalue weighted by molar-refractivity contribution is -0.142. The van der Waals surface area contributed by atoms with Crippen molar-refractivity contribution in [2.24, 2.45) is 17.8 Å². The summed E-state index contributed by atoms with van der Waals surface area (Å²) in [5, 5.41) is 6.25. The van der Waals surface area contributed by atoms with Crippen molar-refractivity contribution in [3.05, 3.63) is 72.1 Å². The van der Waals surface area contributed by atoms with Gasteiger partial charge >= 0.3 is 0 Å². The summed E-state index contributed by atoms with van der Waals surface area (Å²) in [4.78, 5) is 47.5. The van der Waals surface area contributed by atoms with Gasteiger partial charge in [0.1, 0.15) is 11.6 Å². The molecular weight excluding hydrogens is 480 g/mol. The molecule has 0 radical (unpaired) electrons. The van der Waals surface area contributed by atoms with Gasteiger partial charge in [0.05, 0.1) is 17.9 Å². The van der Waals surface area contributed by atoms with E-state index in [0.29, 0.717) is 11.6 Å². The Labute approximate surface area is 222 Å². The molecule has 2 aromatic rings. The van der Waals surface area contributed by atoms with Crippen LogP contribution in [-0.4, -0.2) is 51.4 Å². The van der Waals surface area contributed by atoms with Crippen LogP contribution in [0.2, 0.25) is 0 Å². The second kappa shape index (κ2) is 9.66. The minimum atomic E-state index is -1.18. The Morgan fingerprint density at radius 3 is 2.76 bits per heavy atom. The number of aryl methyl sites for hydroxylation is 1. The summed E-state index contributed by atoms with van der Waals surface area (Å²) in [6, 6.07) is 10.5. The number of likely N-dealkylation sites (tertiary alicyclic amines) is 1. The number of nitrogens with one attached hydrogen (secondary N) is 2. The lowest BCUT2D eigenvalue weighted by atomic mass is 9.74. The van der Waals surface area contributed by atoms with Crippen molar-refractivity contribution in [3.63, 3.8) is 0 Å². The number of nitrogens with zero attached hydrogens (tertiary/aromatic N) is 2. The molecule has 3 fully saturated rings. The average Bonchev–Trinajstić information content (AvgIpc) is 3.54. The van der Waals surface area contributed by atoms with Crippen LogP contribution in [0.4, 0.5) is 5.69 Å². The van der Waals surface area contributed by atoms with Crippen molar-refractivity contribution in [2.75, 3.05) is 5.32 Å². The van der Waals surface area contributed by atoms with E-state index in [9.17, 15) is 14.4 Å². The minimum absolute atomic E-state index is 0.0602. The van der Waals surface area contributed by atoms with Crippen LogP contribution < -0.4 is 10.6 Å². The first-order chi connectivity index (χ1) is 18.4. The standard InChI is InChI=1S/C30H34N4O4/c1-18-7-5-10-21(15-18)32-27(35)24-23-12-13-30(38-23)25(24)29(37)34(17-20-9-6-14-31-16-20)26(30)28(36)33-22-11-4-3-8-19(22)2/h5-7,9-10,12-16,19,22-26H,3-4,8,11,17H2,1-2H3,(H,32,35)(H,33,36)/t19-,22-,23-,24+,25-,26-,30-/m1/s1. The van der Waals surface area contributed by atoms with Crippen LogP contribution in [-0.2, 0) is 25.7 Å². The number of carbonyl (C=O) groups is 3. The highest BCUT2D eigenvalue weighted by Crippen LogP contribution is 2.55. The third kappa shape index (κ3) is 4.11. The number of hydrogen-bond acceptors (Lipinski definition) is 5. The number of carbonyl (C=O) groups excluding carboxylic acids is 3. The molecule has 3 aliphatic heterocycles. The van der Waals surface area contributed by atoms with Gasteiger partial charge in [-0.3, -0.25) is 19.4 Å². The molecule has 8 heteroatoms. The molecule has 4 aliphatic rings. The second-order valence-electron chi connectivity index (χ2n) is 11.3. The van der Waals surface area contributed by atoms with Crippen molar-refractivity contribution >= 4 is 23.4 Å². The van der Waals surface area contributed by atoms with Crippen LogP contribution in [0.25, 0.3) is 0 Å². The second-order valence-corrected chi connectivity index (χ2v) is 11.3. The summed E-state index contributed by atoms with van der Waals surface area (Å²) in [5.74, 6) is -1.85. The molecule has 1 aliphatic carbocycles. The summed E-state index contributed by atoms with van der Waals surface area (Å²) in [6.45, 7) is 4.35. The van der Waals surface area contributed by atoms with E-state index < -0.39 is 29.6 Å². The number of fused-ring (bicyclic) bond motifs is 1. The fourth-order valence-corrected chi connectivity index (χ4v) is 6.87. The molecule has 6 rings (SSSR count). The molecule has 0 unspecified atom stereocenters. The monoisotopic (exact) mass is 514 g/mol. The predicted octanol–water partition coefficient (Wildman–Crippen LogP) is 3.37. The Kier molecular flexibility index (Phi) is 6.30. The number of amides is 3. The van der Waals surface area contributed by atoms with Crippen molar-refractivity contribution in [1.29, 1.82) is 0 Å². The first-order valence-corrected chi connectivity index (χ1v) is 13.6. The van der Waals surface area contributed by atoms with Crippen molar-refractivity contribution < 1.29 is 19.1 Å². The molecule has 4 heterocycles. The number of hydrogen-bond donors (Lipinski definition) is 2. The number of benzene rings is 1. The smallest absolute Gasteiger partial charge is 0.246 e. The molecule has 2 N–H and O–H groups in total. The highest BCUT2D eigenvalue weighted by atomic mass is 16.5. The molecule has 198 valence electrons. The largest absolute Gasteiger partial charge is 0.359 e. The zero-order chi connectivity index (χ0) is 26.4. The SMILES string of the molecule is Cc1cccc(NC(=O)[C@H]2[C@H]3C=C[C@@]4(O3)[C@H]2C(=O)N(Cc2cccnc2)[C@@H]4C(=O)N[C@@H]2CCCC[C@H]2C)c1. The molecule has 3 amide bonds. The van der Waals surface area contributed by atoms with E-state index in [1.54, 1.807) is 17.3 Å². The molecule has 1 aromatic heterocycles. The number of anilines is 1. The van der Waals surface area contributed by atoms with Gasteiger partial charge in [-0.25, -0.2) is 0 Å².